The summed E-state index contributed by atoms with van der Waals surface area (Å²) in [6.07, 6.45) is 8.62. The van der Waals surface area contributed by atoms with Crippen LogP contribution >= 0.6 is 34.8 Å². The molecule has 178 valence electrons. The molecule has 33 heavy (non-hydrogen) atoms. The number of nitrogens with one attached hydrogen (secondary N) is 1. The smallest absolute Gasteiger partial charge is 0.180 e. The maximum atomic E-state index is 6.63. The van der Waals surface area contributed by atoms with E-state index in [9.17, 15) is 0 Å². The van der Waals surface area contributed by atoms with E-state index in [4.69, 9.17) is 44.3 Å². The molecule has 4 bridgehead atoms. The van der Waals surface area contributed by atoms with E-state index in [-0.39, 0.29) is 6.61 Å². The molecule has 0 unspecified atom stereocenters. The molecule has 1 N–H and O–H groups in total. The van der Waals surface area contributed by atoms with Gasteiger partial charge in [-0.25, -0.2) is 0 Å². The highest BCUT2D eigenvalue weighted by Crippen LogP contribution is 2.61. The Morgan fingerprint density at radius 1 is 0.970 bits per heavy atom. The van der Waals surface area contributed by atoms with Gasteiger partial charge in [0.05, 0.1) is 12.1 Å². The van der Waals surface area contributed by atoms with Gasteiger partial charge in [-0.1, -0.05) is 40.9 Å². The summed E-state index contributed by atoms with van der Waals surface area (Å²) in [6.45, 7) is 3.44. The molecule has 1 atom stereocenters. The zero-order valence-electron chi connectivity index (χ0n) is 19.3. The molecule has 0 spiro atoms. The molecule has 0 aliphatic heterocycles. The molecule has 0 heterocycles. The van der Waals surface area contributed by atoms with Crippen molar-refractivity contribution in [3.8, 4) is 11.5 Å². The molecule has 0 amide bonds. The van der Waals surface area contributed by atoms with E-state index >= 15 is 0 Å². The summed E-state index contributed by atoms with van der Waals surface area (Å²) >= 11 is 18.9. The lowest BCUT2D eigenvalue weighted by Crippen LogP contribution is -2.54. The van der Waals surface area contributed by atoms with Gasteiger partial charge in [-0.15, -0.1) is 0 Å². The van der Waals surface area contributed by atoms with E-state index in [0.717, 1.165) is 35.4 Å². The Bertz CT molecular complexity index is 989. The molecule has 4 aliphatic carbocycles. The van der Waals surface area contributed by atoms with Gasteiger partial charge in [-0.2, -0.15) is 0 Å². The van der Waals surface area contributed by atoms with E-state index in [1.807, 2.05) is 18.2 Å². The van der Waals surface area contributed by atoms with Crippen molar-refractivity contribution >= 4 is 34.8 Å². The number of rotatable bonds is 8. The monoisotopic (exact) mass is 507 g/mol. The summed E-state index contributed by atoms with van der Waals surface area (Å²) in [4.78, 5) is 0. The predicted molar refractivity (Wildman–Crippen MR) is 136 cm³/mol. The summed E-state index contributed by atoms with van der Waals surface area (Å²) in [7, 11) is 1.64. The SMILES string of the molecule is COc1cc(CN[C@H](C)C23CC4CC(CC(C4)C2)C3)cc(Cl)c1OCc1ccc(Cl)cc1Cl. The Balaban J connectivity index is 1.25. The van der Waals surface area contributed by atoms with Crippen molar-refractivity contribution in [2.24, 2.45) is 23.2 Å². The fraction of sp³-hybridized carbons (Fsp3) is 0.556. The number of ether oxygens (including phenoxy) is 2. The molecule has 0 radical (unpaired) electrons. The first-order valence-electron chi connectivity index (χ1n) is 12.0. The maximum absolute atomic E-state index is 6.63. The average Bonchev–Trinajstić information content (AvgIpc) is 2.76. The van der Waals surface area contributed by atoms with Crippen LogP contribution in [-0.4, -0.2) is 13.2 Å². The van der Waals surface area contributed by atoms with Crippen molar-refractivity contribution in [3.05, 3.63) is 56.5 Å². The van der Waals surface area contributed by atoms with Crippen LogP contribution in [0, 0.1) is 23.2 Å². The molecular formula is C27H32Cl3NO2. The van der Waals surface area contributed by atoms with Gasteiger partial charge in [0.1, 0.15) is 6.61 Å². The van der Waals surface area contributed by atoms with Crippen molar-refractivity contribution < 1.29 is 9.47 Å². The Morgan fingerprint density at radius 3 is 2.24 bits per heavy atom. The van der Waals surface area contributed by atoms with Gasteiger partial charge in [0.15, 0.2) is 11.5 Å². The maximum Gasteiger partial charge on any atom is 0.180 e. The molecule has 3 nitrogen and oxygen atoms in total. The Labute approximate surface area is 212 Å². The quantitative estimate of drug-likeness (QED) is 0.393. The molecule has 0 saturated heterocycles. The zero-order valence-corrected chi connectivity index (χ0v) is 21.6. The zero-order chi connectivity index (χ0) is 23.2. The molecule has 4 fully saturated rings. The van der Waals surface area contributed by atoms with E-state index in [1.165, 1.54) is 38.5 Å². The van der Waals surface area contributed by atoms with Crippen molar-refractivity contribution in [1.29, 1.82) is 0 Å². The molecular weight excluding hydrogens is 477 g/mol. The van der Waals surface area contributed by atoms with Crippen LogP contribution in [0.1, 0.15) is 56.6 Å². The second-order valence-electron chi connectivity index (χ2n) is 10.5. The van der Waals surface area contributed by atoms with Crippen LogP contribution in [-0.2, 0) is 13.2 Å². The van der Waals surface area contributed by atoms with Crippen molar-refractivity contribution in [1.82, 2.24) is 5.32 Å². The predicted octanol–water partition coefficient (Wildman–Crippen LogP) is 7.93. The Morgan fingerprint density at radius 2 is 1.64 bits per heavy atom. The van der Waals surface area contributed by atoms with Gasteiger partial charge in [-0.3, -0.25) is 0 Å². The number of methoxy groups -OCH3 is 1. The van der Waals surface area contributed by atoms with Gasteiger partial charge in [0.2, 0.25) is 0 Å². The van der Waals surface area contributed by atoms with Crippen LogP contribution in [0.15, 0.2) is 30.3 Å². The van der Waals surface area contributed by atoms with Crippen LogP contribution in [0.3, 0.4) is 0 Å². The number of halogens is 3. The van der Waals surface area contributed by atoms with E-state index < -0.39 is 0 Å². The summed E-state index contributed by atoms with van der Waals surface area (Å²) in [6, 6.07) is 9.85. The van der Waals surface area contributed by atoms with Crippen molar-refractivity contribution in [2.75, 3.05) is 7.11 Å². The summed E-state index contributed by atoms with van der Waals surface area (Å²) in [5, 5.41) is 5.54. The highest BCUT2D eigenvalue weighted by molar-refractivity contribution is 6.35. The minimum atomic E-state index is 0.284. The standard InChI is InChI=1S/C27H32Cl3NO2/c1-16(27-11-17-5-18(12-27)7-19(6-17)13-27)31-14-20-8-24(30)26(25(9-20)32-2)33-15-21-3-4-22(28)10-23(21)29/h3-4,8-10,16-19,31H,5-7,11-15H2,1-2H3/t16-,17?,18?,19?,27?/m1/s1. The molecule has 2 aromatic rings. The van der Waals surface area contributed by atoms with Gasteiger partial charge in [-0.05, 0) is 98.4 Å². The number of hydrogen-bond acceptors (Lipinski definition) is 3. The highest BCUT2D eigenvalue weighted by atomic mass is 35.5. The van der Waals surface area contributed by atoms with Crippen molar-refractivity contribution in [3.63, 3.8) is 0 Å². The average molecular weight is 509 g/mol. The molecule has 2 aromatic carbocycles. The van der Waals surface area contributed by atoms with Gasteiger partial charge < -0.3 is 14.8 Å². The second-order valence-corrected chi connectivity index (χ2v) is 11.8. The molecule has 6 heteroatoms. The van der Waals surface area contributed by atoms with Gasteiger partial charge >= 0.3 is 0 Å². The first kappa shape index (κ1) is 23.6. The molecule has 6 rings (SSSR count). The minimum absolute atomic E-state index is 0.284. The molecule has 0 aromatic heterocycles. The molecule has 4 saturated carbocycles. The third-order valence-corrected chi connectivity index (χ3v) is 9.16. The highest BCUT2D eigenvalue weighted by Gasteiger charge is 2.52. The van der Waals surface area contributed by atoms with Crippen LogP contribution in [0.2, 0.25) is 15.1 Å². The van der Waals surface area contributed by atoms with Crippen molar-refractivity contribution in [2.45, 2.75) is 64.6 Å². The largest absolute Gasteiger partial charge is 0.493 e. The van der Waals surface area contributed by atoms with Gasteiger partial charge in [0, 0.05) is 28.2 Å². The lowest BCUT2D eigenvalue weighted by Gasteiger charge is -2.59. The lowest BCUT2D eigenvalue weighted by molar-refractivity contribution is -0.0706. The number of hydrogen-bond donors (Lipinski definition) is 1. The van der Waals surface area contributed by atoms with Crippen LogP contribution in [0.25, 0.3) is 0 Å². The third kappa shape index (κ3) is 4.85. The fourth-order valence-corrected chi connectivity index (χ4v) is 7.75. The third-order valence-electron chi connectivity index (χ3n) is 8.29. The Hall–Kier alpha value is -1.13. The van der Waals surface area contributed by atoms with E-state index in [0.29, 0.717) is 38.0 Å². The normalized spacial score (nSPS) is 28.7. The summed E-state index contributed by atoms with van der Waals surface area (Å²) < 4.78 is 11.6. The lowest BCUT2D eigenvalue weighted by atomic mass is 9.48. The van der Waals surface area contributed by atoms with E-state index in [2.05, 4.69) is 12.2 Å². The number of benzene rings is 2. The summed E-state index contributed by atoms with van der Waals surface area (Å²) in [5.74, 6) is 4.04. The first-order chi connectivity index (χ1) is 15.8. The van der Waals surface area contributed by atoms with Crippen LogP contribution < -0.4 is 14.8 Å². The fourth-order valence-electron chi connectivity index (χ4n) is 7.00. The topological polar surface area (TPSA) is 30.5 Å². The first-order valence-corrected chi connectivity index (χ1v) is 13.1. The van der Waals surface area contributed by atoms with Gasteiger partial charge in [0.25, 0.3) is 0 Å². The van der Waals surface area contributed by atoms with E-state index in [1.54, 1.807) is 19.2 Å². The Kier molecular flexibility index (Phi) is 6.79. The minimum Gasteiger partial charge on any atom is -0.493 e. The van der Waals surface area contributed by atoms with Crippen LogP contribution in [0.4, 0.5) is 0 Å². The second kappa shape index (κ2) is 9.49. The molecule has 4 aliphatic rings. The summed E-state index contributed by atoms with van der Waals surface area (Å²) in [5.41, 5.74) is 2.42. The van der Waals surface area contributed by atoms with Crippen LogP contribution in [0.5, 0.6) is 11.5 Å².